The molecule has 1 aliphatic heterocycles. The van der Waals surface area contributed by atoms with Gasteiger partial charge in [-0.25, -0.2) is 0 Å². The van der Waals surface area contributed by atoms with Gasteiger partial charge in [0.05, 0.1) is 0 Å². The lowest BCUT2D eigenvalue weighted by molar-refractivity contribution is 0.0586. The normalized spacial score (nSPS) is 42.9. The van der Waals surface area contributed by atoms with Crippen molar-refractivity contribution in [2.75, 3.05) is 13.2 Å². The van der Waals surface area contributed by atoms with Gasteiger partial charge < -0.3 is 4.74 Å². The van der Waals surface area contributed by atoms with Crippen molar-refractivity contribution in [3.63, 3.8) is 0 Å². The molecule has 0 radical (unpaired) electrons. The van der Waals surface area contributed by atoms with Crippen LogP contribution >= 0.6 is 0 Å². The lowest BCUT2D eigenvalue weighted by atomic mass is 9.60. The molecular formula is C13H24O. The molecule has 3 atom stereocenters. The maximum Gasteiger partial charge on any atom is 0.0498 e. The summed E-state index contributed by atoms with van der Waals surface area (Å²) in [6, 6.07) is 0. The summed E-state index contributed by atoms with van der Waals surface area (Å²) in [6.07, 6.45) is 5.63. The Hall–Kier alpha value is -0.0400. The van der Waals surface area contributed by atoms with Gasteiger partial charge in [-0.05, 0) is 42.4 Å². The topological polar surface area (TPSA) is 9.23 Å². The Morgan fingerprint density at radius 2 is 2.00 bits per heavy atom. The summed E-state index contributed by atoms with van der Waals surface area (Å²) in [6.45, 7) is 9.26. The summed E-state index contributed by atoms with van der Waals surface area (Å²) >= 11 is 0. The van der Waals surface area contributed by atoms with Crippen LogP contribution in [0.4, 0.5) is 0 Å². The number of hydrogen-bond donors (Lipinski definition) is 0. The molecular weight excluding hydrogens is 172 g/mol. The zero-order valence-electron chi connectivity index (χ0n) is 9.88. The fourth-order valence-electron chi connectivity index (χ4n) is 3.54. The highest BCUT2D eigenvalue weighted by Gasteiger charge is 2.43. The molecule has 2 rings (SSSR count). The molecule has 0 aromatic carbocycles. The predicted octanol–water partition coefficient (Wildman–Crippen LogP) is 3.49. The molecule has 1 nitrogen and oxygen atoms in total. The Balaban J connectivity index is 2.07. The van der Waals surface area contributed by atoms with E-state index in [1.165, 1.54) is 25.7 Å². The average molecular weight is 196 g/mol. The van der Waals surface area contributed by atoms with E-state index in [0.29, 0.717) is 5.41 Å². The molecule has 82 valence electrons. The van der Waals surface area contributed by atoms with E-state index in [-0.39, 0.29) is 0 Å². The van der Waals surface area contributed by atoms with E-state index in [1.807, 2.05) is 0 Å². The summed E-state index contributed by atoms with van der Waals surface area (Å²) in [7, 11) is 0. The van der Waals surface area contributed by atoms with Gasteiger partial charge in [-0.1, -0.05) is 27.2 Å². The van der Waals surface area contributed by atoms with Crippen LogP contribution in [0.3, 0.4) is 0 Å². The van der Waals surface area contributed by atoms with E-state index >= 15 is 0 Å². The third kappa shape index (κ3) is 1.60. The summed E-state index contributed by atoms with van der Waals surface area (Å²) in [5.41, 5.74) is 0.634. The summed E-state index contributed by atoms with van der Waals surface area (Å²) < 4.78 is 5.61. The molecule has 14 heavy (non-hydrogen) atoms. The average Bonchev–Trinajstić information content (AvgIpc) is 2.63. The van der Waals surface area contributed by atoms with Gasteiger partial charge in [-0.2, -0.15) is 0 Å². The second kappa shape index (κ2) is 3.84. The van der Waals surface area contributed by atoms with Crippen molar-refractivity contribution >= 4 is 0 Å². The highest BCUT2D eigenvalue weighted by atomic mass is 16.5. The Morgan fingerprint density at radius 1 is 1.29 bits per heavy atom. The molecule has 1 aliphatic carbocycles. The van der Waals surface area contributed by atoms with Gasteiger partial charge in [0, 0.05) is 13.2 Å². The largest absolute Gasteiger partial charge is 0.381 e. The molecule has 1 saturated heterocycles. The Kier molecular flexibility index (Phi) is 2.88. The zero-order chi connectivity index (χ0) is 10.2. The van der Waals surface area contributed by atoms with Crippen LogP contribution in [0, 0.1) is 23.2 Å². The third-order valence-corrected chi connectivity index (χ3v) is 4.94. The summed E-state index contributed by atoms with van der Waals surface area (Å²) in [4.78, 5) is 0. The van der Waals surface area contributed by atoms with Gasteiger partial charge in [-0.3, -0.25) is 0 Å². The molecule has 0 aromatic heterocycles. The highest BCUT2D eigenvalue weighted by Crippen LogP contribution is 2.50. The van der Waals surface area contributed by atoms with Crippen molar-refractivity contribution in [2.45, 2.75) is 46.5 Å². The standard InChI is InChI=1S/C13H24O/c1-4-13(10(2)3)6-5-11-8-14-9-12(11)7-13/h10-12H,4-9H2,1-3H3/t11-,12+,13?/m0/s1. The van der Waals surface area contributed by atoms with Crippen LogP contribution in [0.5, 0.6) is 0 Å². The van der Waals surface area contributed by atoms with Crippen LogP contribution in [0.25, 0.3) is 0 Å². The van der Waals surface area contributed by atoms with E-state index in [0.717, 1.165) is 31.0 Å². The van der Waals surface area contributed by atoms with E-state index in [9.17, 15) is 0 Å². The molecule has 0 N–H and O–H groups in total. The van der Waals surface area contributed by atoms with Gasteiger partial charge in [-0.15, -0.1) is 0 Å². The minimum absolute atomic E-state index is 0.634. The van der Waals surface area contributed by atoms with Gasteiger partial charge in [0.1, 0.15) is 0 Å². The zero-order valence-corrected chi connectivity index (χ0v) is 9.88. The van der Waals surface area contributed by atoms with E-state index in [1.54, 1.807) is 0 Å². The van der Waals surface area contributed by atoms with Crippen LogP contribution in [0.2, 0.25) is 0 Å². The van der Waals surface area contributed by atoms with Crippen molar-refractivity contribution in [3.05, 3.63) is 0 Å². The highest BCUT2D eigenvalue weighted by molar-refractivity contribution is 4.93. The Labute approximate surface area is 88.2 Å². The lowest BCUT2D eigenvalue weighted by Crippen LogP contribution is -2.36. The minimum atomic E-state index is 0.634. The minimum Gasteiger partial charge on any atom is -0.381 e. The second-order valence-corrected chi connectivity index (χ2v) is 5.67. The van der Waals surface area contributed by atoms with Crippen molar-refractivity contribution in [2.24, 2.45) is 23.2 Å². The van der Waals surface area contributed by atoms with Crippen LogP contribution in [-0.4, -0.2) is 13.2 Å². The maximum atomic E-state index is 5.61. The van der Waals surface area contributed by atoms with Gasteiger partial charge >= 0.3 is 0 Å². The molecule has 2 aliphatic rings. The molecule has 0 amide bonds. The molecule has 1 saturated carbocycles. The fraction of sp³-hybridized carbons (Fsp3) is 1.00. The summed E-state index contributed by atoms with van der Waals surface area (Å²) in [5.74, 6) is 2.62. The summed E-state index contributed by atoms with van der Waals surface area (Å²) in [5, 5.41) is 0. The van der Waals surface area contributed by atoms with E-state index < -0.39 is 0 Å². The van der Waals surface area contributed by atoms with Crippen molar-refractivity contribution < 1.29 is 4.74 Å². The van der Waals surface area contributed by atoms with Crippen molar-refractivity contribution in [1.29, 1.82) is 0 Å². The smallest absolute Gasteiger partial charge is 0.0498 e. The number of hydrogen-bond acceptors (Lipinski definition) is 1. The third-order valence-electron chi connectivity index (χ3n) is 4.94. The van der Waals surface area contributed by atoms with Crippen LogP contribution in [0.1, 0.15) is 46.5 Å². The van der Waals surface area contributed by atoms with Crippen LogP contribution in [0.15, 0.2) is 0 Å². The van der Waals surface area contributed by atoms with Gasteiger partial charge in [0.15, 0.2) is 0 Å². The lowest BCUT2D eigenvalue weighted by Gasteiger charge is -2.44. The van der Waals surface area contributed by atoms with Crippen LogP contribution in [-0.2, 0) is 4.74 Å². The van der Waals surface area contributed by atoms with Crippen molar-refractivity contribution in [1.82, 2.24) is 0 Å². The number of ether oxygens (including phenoxy) is 1. The first-order valence-corrected chi connectivity index (χ1v) is 6.25. The van der Waals surface area contributed by atoms with E-state index in [2.05, 4.69) is 20.8 Å². The first kappa shape index (κ1) is 10.5. The van der Waals surface area contributed by atoms with E-state index in [4.69, 9.17) is 4.74 Å². The molecule has 1 heteroatoms. The predicted molar refractivity (Wildman–Crippen MR) is 59.2 cm³/mol. The molecule has 1 heterocycles. The Morgan fingerprint density at radius 3 is 2.64 bits per heavy atom. The quantitative estimate of drug-likeness (QED) is 0.657. The second-order valence-electron chi connectivity index (χ2n) is 5.67. The number of fused-ring (bicyclic) bond motifs is 1. The maximum absolute atomic E-state index is 5.61. The molecule has 0 spiro atoms. The van der Waals surface area contributed by atoms with Crippen molar-refractivity contribution in [3.8, 4) is 0 Å². The van der Waals surface area contributed by atoms with Crippen LogP contribution < -0.4 is 0 Å². The number of rotatable bonds is 2. The molecule has 2 fully saturated rings. The van der Waals surface area contributed by atoms with Gasteiger partial charge in [0.25, 0.3) is 0 Å². The monoisotopic (exact) mass is 196 g/mol. The first-order valence-electron chi connectivity index (χ1n) is 6.25. The SMILES string of the molecule is CCC1(C(C)C)CC[C@H]2COC[C@H]2C1. The molecule has 0 bridgehead atoms. The fourth-order valence-corrected chi connectivity index (χ4v) is 3.54. The molecule has 1 unspecified atom stereocenters. The van der Waals surface area contributed by atoms with Gasteiger partial charge in [0.2, 0.25) is 0 Å². The molecule has 0 aromatic rings. The first-order chi connectivity index (χ1) is 6.68. The Bertz CT molecular complexity index is 199.